The summed E-state index contributed by atoms with van der Waals surface area (Å²) >= 11 is 0. The molecule has 0 atom stereocenters. The zero-order valence-corrected chi connectivity index (χ0v) is 11.3. The van der Waals surface area contributed by atoms with Gasteiger partial charge in [0.1, 0.15) is 5.69 Å². The quantitative estimate of drug-likeness (QED) is 0.407. The van der Waals surface area contributed by atoms with Crippen molar-refractivity contribution in [3.05, 3.63) is 53.7 Å². The minimum absolute atomic E-state index is 0.00461. The number of benzene rings is 2. The van der Waals surface area contributed by atoms with Gasteiger partial charge in [-0.15, -0.1) is 0 Å². The number of alkyl halides is 6. The van der Waals surface area contributed by atoms with Crippen LogP contribution in [0.15, 0.2) is 42.5 Å². The highest BCUT2D eigenvalue weighted by molar-refractivity contribution is 6.05. The van der Waals surface area contributed by atoms with Gasteiger partial charge < -0.3 is 0 Å². The van der Waals surface area contributed by atoms with Crippen LogP contribution < -0.4 is 0 Å². The molecule has 0 bridgehead atoms. The largest absolute Gasteiger partial charge is 0.382 e. The molecule has 1 nitrogen and oxygen atoms in total. The molecule has 0 spiro atoms. The lowest BCUT2D eigenvalue weighted by Gasteiger charge is -2.22. The van der Waals surface area contributed by atoms with E-state index in [0.717, 1.165) is 0 Å². The summed E-state index contributed by atoms with van der Waals surface area (Å²) < 4.78 is 82.3. The molecule has 1 aliphatic carbocycles. The second-order valence-corrected chi connectivity index (χ2v) is 5.47. The fourth-order valence-electron chi connectivity index (χ4n) is 2.90. The first kappa shape index (κ1) is 14.3. The zero-order chi connectivity index (χ0) is 16.6. The van der Waals surface area contributed by atoms with Crippen LogP contribution in [0.5, 0.6) is 0 Å². The van der Waals surface area contributed by atoms with E-state index in [4.69, 9.17) is 0 Å². The highest BCUT2D eigenvalue weighted by atomic mass is 19.3. The maximum atomic E-state index is 13.8. The lowest BCUT2D eigenvalue weighted by atomic mass is 10.0. The van der Waals surface area contributed by atoms with Crippen LogP contribution in [0.3, 0.4) is 0 Å². The van der Waals surface area contributed by atoms with Crippen LogP contribution in [-0.4, -0.2) is 10.9 Å². The van der Waals surface area contributed by atoms with Crippen molar-refractivity contribution in [1.29, 1.82) is 0 Å². The summed E-state index contributed by atoms with van der Waals surface area (Å²) in [7, 11) is 0. The van der Waals surface area contributed by atoms with Gasteiger partial charge in [-0.3, -0.25) is 0 Å². The molecule has 1 heterocycles. The molecule has 118 valence electrons. The van der Waals surface area contributed by atoms with Crippen molar-refractivity contribution >= 4 is 21.7 Å². The Morgan fingerprint density at radius 2 is 1.39 bits per heavy atom. The number of hydrogen-bond donors (Lipinski definition) is 0. The third-order valence-electron chi connectivity index (χ3n) is 4.13. The van der Waals surface area contributed by atoms with Gasteiger partial charge in [0.05, 0.1) is 11.1 Å². The summed E-state index contributed by atoms with van der Waals surface area (Å²) in [5.74, 6) is -15.5. The van der Waals surface area contributed by atoms with Crippen LogP contribution in [0.25, 0.3) is 21.7 Å². The molecule has 0 radical (unpaired) electrons. The van der Waals surface area contributed by atoms with Crippen LogP contribution in [0.4, 0.5) is 26.3 Å². The zero-order valence-electron chi connectivity index (χ0n) is 11.3. The second kappa shape index (κ2) is 3.96. The Kier molecular flexibility index (Phi) is 2.46. The normalized spacial score (nSPS) is 20.8. The van der Waals surface area contributed by atoms with Crippen molar-refractivity contribution in [2.45, 2.75) is 17.8 Å². The molecule has 0 fully saturated rings. The molecular weight excluding hydrogens is 320 g/mol. The second-order valence-electron chi connectivity index (χ2n) is 5.47. The molecule has 7 heteroatoms. The lowest BCUT2D eigenvalue weighted by molar-refractivity contribution is -0.303. The Hall–Kier alpha value is -2.31. The number of aromatic nitrogens is 1. The van der Waals surface area contributed by atoms with Crippen LogP contribution in [0, 0.1) is 0 Å². The van der Waals surface area contributed by atoms with Crippen molar-refractivity contribution in [1.82, 2.24) is 4.98 Å². The van der Waals surface area contributed by atoms with E-state index in [2.05, 4.69) is 4.98 Å². The first-order valence-electron chi connectivity index (χ1n) is 6.65. The Morgan fingerprint density at radius 3 is 2.13 bits per heavy atom. The average Bonchev–Trinajstić information content (AvgIpc) is 2.62. The van der Waals surface area contributed by atoms with Gasteiger partial charge >= 0.3 is 17.8 Å². The number of halogens is 6. The van der Waals surface area contributed by atoms with Crippen LogP contribution in [0.1, 0.15) is 11.3 Å². The molecule has 2 aromatic carbocycles. The number of nitrogens with zero attached hydrogens (tertiary/aromatic N) is 1. The SMILES string of the molecule is FC1(F)c2cc3ccc4ccccc4c3nc2C(F)(F)C1(F)F. The third-order valence-corrected chi connectivity index (χ3v) is 4.13. The molecule has 0 aliphatic heterocycles. The van der Waals surface area contributed by atoms with Crippen molar-refractivity contribution in [2.24, 2.45) is 0 Å². The number of fused-ring (bicyclic) bond motifs is 4. The first-order valence-corrected chi connectivity index (χ1v) is 6.65. The molecule has 0 N–H and O–H groups in total. The highest BCUT2D eigenvalue weighted by Gasteiger charge is 2.80. The van der Waals surface area contributed by atoms with Crippen LogP contribution in [0.2, 0.25) is 0 Å². The van der Waals surface area contributed by atoms with Gasteiger partial charge in [-0.1, -0.05) is 36.4 Å². The highest BCUT2D eigenvalue weighted by Crippen LogP contribution is 2.62. The Morgan fingerprint density at radius 1 is 0.739 bits per heavy atom. The van der Waals surface area contributed by atoms with Gasteiger partial charge in [0, 0.05) is 10.8 Å². The summed E-state index contributed by atoms with van der Waals surface area (Å²) in [6.45, 7) is 0. The summed E-state index contributed by atoms with van der Waals surface area (Å²) in [6, 6.07) is 10.3. The van der Waals surface area contributed by atoms with E-state index < -0.39 is 29.0 Å². The van der Waals surface area contributed by atoms with Gasteiger partial charge in [-0.05, 0) is 11.5 Å². The van der Waals surface area contributed by atoms with Gasteiger partial charge in [-0.25, -0.2) is 4.98 Å². The molecule has 1 aliphatic rings. The molecule has 3 aromatic rings. The van der Waals surface area contributed by atoms with E-state index >= 15 is 0 Å². The van der Waals surface area contributed by atoms with E-state index in [1.807, 2.05) is 0 Å². The molecular formula is C16H7F6N. The van der Waals surface area contributed by atoms with E-state index in [9.17, 15) is 26.3 Å². The van der Waals surface area contributed by atoms with Gasteiger partial charge in [0.25, 0.3) is 0 Å². The number of pyridine rings is 1. The van der Waals surface area contributed by atoms with Crippen molar-refractivity contribution < 1.29 is 26.3 Å². The van der Waals surface area contributed by atoms with E-state index in [1.165, 1.54) is 6.07 Å². The fraction of sp³-hybridized carbons (Fsp3) is 0.188. The Bertz CT molecular complexity index is 963. The Balaban J connectivity index is 2.16. The van der Waals surface area contributed by atoms with Gasteiger partial charge in [0.15, 0.2) is 0 Å². The van der Waals surface area contributed by atoms with Crippen LogP contribution in [-0.2, 0) is 11.8 Å². The van der Waals surface area contributed by atoms with E-state index in [1.54, 1.807) is 30.3 Å². The predicted octanol–water partition coefficient (Wildman–Crippen LogP) is 5.22. The van der Waals surface area contributed by atoms with E-state index in [-0.39, 0.29) is 10.9 Å². The smallest absolute Gasteiger partial charge is 0.245 e. The average molecular weight is 327 g/mol. The van der Waals surface area contributed by atoms with Crippen LogP contribution >= 0.6 is 0 Å². The molecule has 4 rings (SSSR count). The maximum Gasteiger partial charge on any atom is 0.382 e. The maximum absolute atomic E-state index is 13.8. The fourth-order valence-corrected chi connectivity index (χ4v) is 2.90. The first-order chi connectivity index (χ1) is 10.7. The predicted molar refractivity (Wildman–Crippen MR) is 72.0 cm³/mol. The van der Waals surface area contributed by atoms with Gasteiger partial charge in [-0.2, -0.15) is 26.3 Å². The standard InChI is InChI=1S/C16H7F6N/c17-14(18)11-7-9-6-5-8-3-1-2-4-10(8)12(9)23-13(11)15(19,20)16(14,21)22/h1-7H. The molecule has 23 heavy (non-hydrogen) atoms. The van der Waals surface area contributed by atoms with Crippen molar-refractivity contribution in [3.8, 4) is 0 Å². The summed E-state index contributed by atoms with van der Waals surface area (Å²) in [4.78, 5) is 3.52. The molecule has 0 saturated heterocycles. The van der Waals surface area contributed by atoms with Gasteiger partial charge in [0.2, 0.25) is 0 Å². The van der Waals surface area contributed by atoms with Crippen molar-refractivity contribution in [2.75, 3.05) is 0 Å². The summed E-state index contributed by atoms with van der Waals surface area (Å²) in [5, 5.41) is 1.19. The molecule has 1 aromatic heterocycles. The Labute approximate surface area is 125 Å². The minimum atomic E-state index is -5.51. The minimum Gasteiger partial charge on any atom is -0.245 e. The monoisotopic (exact) mass is 327 g/mol. The molecule has 0 saturated carbocycles. The van der Waals surface area contributed by atoms with E-state index in [0.29, 0.717) is 16.8 Å². The number of rotatable bonds is 0. The molecule has 0 unspecified atom stereocenters. The lowest BCUT2D eigenvalue weighted by Crippen LogP contribution is -2.43. The third kappa shape index (κ3) is 1.52. The van der Waals surface area contributed by atoms with Crippen molar-refractivity contribution in [3.63, 3.8) is 0 Å². The topological polar surface area (TPSA) is 12.9 Å². The summed E-state index contributed by atoms with van der Waals surface area (Å²) in [6.07, 6.45) is 0. The molecule has 0 amide bonds. The summed E-state index contributed by atoms with van der Waals surface area (Å²) in [5.41, 5.74) is -2.98. The number of hydrogen-bond acceptors (Lipinski definition) is 1.